The first-order valence-electron chi connectivity index (χ1n) is 10.0. The minimum absolute atomic E-state index is 0.0237. The average molecular weight is 398 g/mol. The van der Waals surface area contributed by atoms with Crippen LogP contribution in [0.5, 0.6) is 11.5 Å². The number of allylic oxidation sites excluding steroid dienone is 1. The number of benzene rings is 3. The molecule has 0 bridgehead atoms. The van der Waals surface area contributed by atoms with Crippen LogP contribution in [0.25, 0.3) is 0 Å². The average Bonchev–Trinajstić information content (AvgIpc) is 2.81. The Labute approximate surface area is 175 Å². The molecule has 0 radical (unpaired) electrons. The number of anilines is 2. The zero-order chi connectivity index (χ0) is 20.5. The van der Waals surface area contributed by atoms with Gasteiger partial charge in [-0.3, -0.25) is 4.79 Å². The van der Waals surface area contributed by atoms with Gasteiger partial charge in [0.25, 0.3) is 0 Å². The Bertz CT molecular complexity index is 1120. The van der Waals surface area contributed by atoms with E-state index in [1.807, 2.05) is 72.8 Å². The van der Waals surface area contributed by atoms with E-state index in [0.29, 0.717) is 25.1 Å². The predicted octanol–water partition coefficient (Wildman–Crippen LogP) is 4.66. The van der Waals surface area contributed by atoms with E-state index in [-0.39, 0.29) is 5.78 Å². The Hall–Kier alpha value is -3.73. The van der Waals surface area contributed by atoms with Crippen molar-refractivity contribution in [3.8, 4) is 11.5 Å². The maximum Gasteiger partial charge on any atom is 0.192 e. The number of ether oxygens (including phenoxy) is 2. The minimum atomic E-state index is 0.0237. The highest BCUT2D eigenvalue weighted by Crippen LogP contribution is 2.45. The number of methoxy groups -OCH3 is 1. The number of para-hydroxylation sites is 1. The fourth-order valence-corrected chi connectivity index (χ4v) is 4.08. The molecule has 0 aromatic heterocycles. The van der Waals surface area contributed by atoms with Gasteiger partial charge < -0.3 is 19.7 Å². The summed E-state index contributed by atoms with van der Waals surface area (Å²) in [4.78, 5) is 15.7. The number of nitrogens with zero attached hydrogens (tertiary/aromatic N) is 1. The van der Waals surface area contributed by atoms with E-state index in [9.17, 15) is 4.79 Å². The van der Waals surface area contributed by atoms with Gasteiger partial charge in [-0.05, 0) is 23.8 Å². The maximum absolute atomic E-state index is 13.5. The number of Topliss-reactive ketones (excluding diaryl/α,β-unsaturated/α-hetero) is 1. The highest BCUT2D eigenvalue weighted by atomic mass is 16.5. The monoisotopic (exact) mass is 398 g/mol. The number of hydrogen-bond donors (Lipinski definition) is 1. The third-order valence-electron chi connectivity index (χ3n) is 5.48. The van der Waals surface area contributed by atoms with Crippen LogP contribution < -0.4 is 19.7 Å². The van der Waals surface area contributed by atoms with Gasteiger partial charge in [0.15, 0.2) is 5.78 Å². The van der Waals surface area contributed by atoms with Crippen LogP contribution in [0.4, 0.5) is 11.4 Å². The minimum Gasteiger partial charge on any atom is -0.497 e. The third-order valence-corrected chi connectivity index (χ3v) is 5.48. The van der Waals surface area contributed by atoms with Crippen LogP contribution in [0.15, 0.2) is 84.2 Å². The Morgan fingerprint density at radius 2 is 1.77 bits per heavy atom. The van der Waals surface area contributed by atoms with Crippen LogP contribution in [0, 0.1) is 0 Å². The van der Waals surface area contributed by atoms with Crippen LogP contribution in [-0.4, -0.2) is 26.0 Å². The molecule has 0 aliphatic carbocycles. The van der Waals surface area contributed by atoms with Gasteiger partial charge in [-0.25, -0.2) is 0 Å². The smallest absolute Gasteiger partial charge is 0.192 e. The first-order valence-corrected chi connectivity index (χ1v) is 10.0. The molecule has 2 heterocycles. The van der Waals surface area contributed by atoms with E-state index < -0.39 is 0 Å². The van der Waals surface area contributed by atoms with E-state index in [0.717, 1.165) is 39.8 Å². The van der Waals surface area contributed by atoms with Crippen molar-refractivity contribution >= 4 is 17.2 Å². The Morgan fingerprint density at radius 3 is 2.50 bits per heavy atom. The number of hydrogen-bond acceptors (Lipinski definition) is 5. The molecule has 5 heteroatoms. The zero-order valence-electron chi connectivity index (χ0n) is 16.7. The second kappa shape index (κ2) is 7.59. The van der Waals surface area contributed by atoms with E-state index in [4.69, 9.17) is 9.47 Å². The summed E-state index contributed by atoms with van der Waals surface area (Å²) < 4.78 is 11.4. The molecule has 0 saturated heterocycles. The Kier molecular flexibility index (Phi) is 4.64. The molecular formula is C25H22N2O3. The fourth-order valence-electron chi connectivity index (χ4n) is 4.08. The van der Waals surface area contributed by atoms with Crippen molar-refractivity contribution < 1.29 is 14.3 Å². The summed E-state index contributed by atoms with van der Waals surface area (Å²) in [7, 11) is 1.64. The molecular weight excluding hydrogens is 376 g/mol. The molecule has 2 aliphatic rings. The normalized spacial score (nSPS) is 14.6. The van der Waals surface area contributed by atoms with Crippen molar-refractivity contribution in [2.45, 2.75) is 6.42 Å². The number of ketones is 1. The molecule has 5 rings (SSSR count). The largest absolute Gasteiger partial charge is 0.497 e. The summed E-state index contributed by atoms with van der Waals surface area (Å²) >= 11 is 0. The molecule has 30 heavy (non-hydrogen) atoms. The standard InChI is InChI=1S/C25H22N2O3/c1-29-20-14-18-15-21(24(28)17-8-4-2-5-9-17)25(26-19-10-6-3-7-11-19)27-12-13-30-22(16-20)23(18)27/h2-11,14,16,26H,12-13,15H2,1H3. The lowest BCUT2D eigenvalue weighted by atomic mass is 9.91. The molecule has 3 aromatic rings. The molecule has 1 N–H and O–H groups in total. The zero-order valence-corrected chi connectivity index (χ0v) is 16.7. The highest BCUT2D eigenvalue weighted by molar-refractivity contribution is 6.10. The fraction of sp³-hybridized carbons (Fsp3) is 0.160. The first-order chi connectivity index (χ1) is 14.7. The quantitative estimate of drug-likeness (QED) is 0.634. The molecule has 0 unspecified atom stereocenters. The molecule has 3 aromatic carbocycles. The van der Waals surface area contributed by atoms with Crippen LogP contribution in [0.3, 0.4) is 0 Å². The molecule has 0 atom stereocenters. The number of carbonyl (C=O) groups is 1. The molecule has 150 valence electrons. The van der Waals surface area contributed by atoms with E-state index in [1.54, 1.807) is 7.11 Å². The van der Waals surface area contributed by atoms with Gasteiger partial charge >= 0.3 is 0 Å². The van der Waals surface area contributed by atoms with E-state index in [1.165, 1.54) is 0 Å². The summed E-state index contributed by atoms with van der Waals surface area (Å²) in [5.74, 6) is 2.36. The maximum atomic E-state index is 13.5. The molecule has 0 saturated carbocycles. The van der Waals surface area contributed by atoms with Crippen molar-refractivity contribution in [3.63, 3.8) is 0 Å². The molecule has 0 fully saturated rings. The van der Waals surface area contributed by atoms with Crippen molar-refractivity contribution in [3.05, 3.63) is 95.3 Å². The van der Waals surface area contributed by atoms with Gasteiger partial charge in [-0.1, -0.05) is 48.5 Å². The molecule has 0 amide bonds. The Morgan fingerprint density at radius 1 is 1.03 bits per heavy atom. The summed E-state index contributed by atoms with van der Waals surface area (Å²) in [5, 5.41) is 3.51. The predicted molar refractivity (Wildman–Crippen MR) is 117 cm³/mol. The molecule has 2 aliphatic heterocycles. The van der Waals surface area contributed by atoms with Gasteiger partial charge in [-0.2, -0.15) is 0 Å². The van der Waals surface area contributed by atoms with Crippen molar-refractivity contribution in [2.75, 3.05) is 30.5 Å². The lowest BCUT2D eigenvalue weighted by molar-refractivity contribution is 0.103. The summed E-state index contributed by atoms with van der Waals surface area (Å²) in [6.45, 7) is 1.19. The van der Waals surface area contributed by atoms with Crippen LogP contribution in [-0.2, 0) is 6.42 Å². The second-order valence-electron chi connectivity index (χ2n) is 7.32. The summed E-state index contributed by atoms with van der Waals surface area (Å²) in [5.41, 5.74) is 4.39. The van der Waals surface area contributed by atoms with Crippen LogP contribution >= 0.6 is 0 Å². The van der Waals surface area contributed by atoms with Crippen molar-refractivity contribution in [1.82, 2.24) is 0 Å². The first kappa shape index (κ1) is 18.3. The van der Waals surface area contributed by atoms with Crippen LogP contribution in [0.1, 0.15) is 15.9 Å². The topological polar surface area (TPSA) is 50.8 Å². The number of nitrogens with one attached hydrogen (secondary N) is 1. The van der Waals surface area contributed by atoms with Crippen molar-refractivity contribution in [1.29, 1.82) is 0 Å². The molecule has 5 nitrogen and oxygen atoms in total. The van der Waals surface area contributed by atoms with E-state index >= 15 is 0 Å². The lowest BCUT2D eigenvalue weighted by Gasteiger charge is -2.39. The van der Waals surface area contributed by atoms with Gasteiger partial charge in [0.2, 0.25) is 0 Å². The SMILES string of the molecule is COc1cc2c3c(c1)OCCN3C(Nc1ccccc1)=C(C(=O)c1ccccc1)C2. The summed E-state index contributed by atoms with van der Waals surface area (Å²) in [6.07, 6.45) is 0.502. The Balaban J connectivity index is 1.66. The highest BCUT2D eigenvalue weighted by Gasteiger charge is 2.34. The molecule has 0 spiro atoms. The van der Waals surface area contributed by atoms with Gasteiger partial charge in [0.05, 0.1) is 19.3 Å². The van der Waals surface area contributed by atoms with Crippen LogP contribution in [0.2, 0.25) is 0 Å². The van der Waals surface area contributed by atoms with Gasteiger partial charge in [0, 0.05) is 29.3 Å². The van der Waals surface area contributed by atoms with Gasteiger partial charge in [-0.15, -0.1) is 0 Å². The number of rotatable bonds is 5. The van der Waals surface area contributed by atoms with Crippen molar-refractivity contribution in [2.24, 2.45) is 0 Å². The van der Waals surface area contributed by atoms with Gasteiger partial charge in [0.1, 0.15) is 23.9 Å². The second-order valence-corrected chi connectivity index (χ2v) is 7.32. The summed E-state index contributed by atoms with van der Waals surface area (Å²) in [6, 6.07) is 23.3. The third kappa shape index (κ3) is 3.18. The number of carbonyl (C=O) groups excluding carboxylic acids is 1. The van der Waals surface area contributed by atoms with E-state index in [2.05, 4.69) is 10.2 Å². The lowest BCUT2D eigenvalue weighted by Crippen LogP contribution is -2.40.